The Morgan fingerprint density at radius 3 is 2.86 bits per heavy atom. The van der Waals surface area contributed by atoms with E-state index in [1.54, 1.807) is 4.90 Å². The van der Waals surface area contributed by atoms with Gasteiger partial charge in [0.05, 0.1) is 0 Å². The van der Waals surface area contributed by atoms with Crippen LogP contribution in [0.4, 0.5) is 5.82 Å². The average molecular weight is 290 g/mol. The van der Waals surface area contributed by atoms with E-state index in [2.05, 4.69) is 14.9 Å². The molecule has 2 aromatic rings. The van der Waals surface area contributed by atoms with Crippen LogP contribution >= 0.6 is 0 Å². The fourth-order valence-electron chi connectivity index (χ4n) is 2.08. The molecule has 2 N–H and O–H groups in total. The molecule has 1 aromatic carbocycles. The number of aromatic nitrogens is 2. The van der Waals surface area contributed by atoms with Crippen LogP contribution in [0.3, 0.4) is 0 Å². The van der Waals surface area contributed by atoms with Gasteiger partial charge in [0.2, 0.25) is 18.3 Å². The summed E-state index contributed by atoms with van der Waals surface area (Å²) in [4.78, 5) is 13.9. The van der Waals surface area contributed by atoms with E-state index in [4.69, 9.17) is 15.2 Å². The first kappa shape index (κ1) is 13.2. The third-order valence-electron chi connectivity index (χ3n) is 3.20. The molecule has 8 nitrogen and oxygen atoms in total. The summed E-state index contributed by atoms with van der Waals surface area (Å²) in [6.07, 6.45) is 0. The zero-order valence-electron chi connectivity index (χ0n) is 11.4. The second-order valence-electron chi connectivity index (χ2n) is 4.51. The van der Waals surface area contributed by atoms with Crippen molar-refractivity contribution in [3.63, 3.8) is 0 Å². The number of hydrogen-bond acceptors (Lipinski definition) is 7. The topological polar surface area (TPSA) is 104 Å². The lowest BCUT2D eigenvalue weighted by atomic mass is 10.2. The Balaban J connectivity index is 1.78. The molecule has 0 aliphatic carbocycles. The molecule has 3 rings (SSSR count). The van der Waals surface area contributed by atoms with E-state index in [-0.39, 0.29) is 24.2 Å². The summed E-state index contributed by atoms with van der Waals surface area (Å²) in [5, 5.41) is 6.95. The second-order valence-corrected chi connectivity index (χ2v) is 4.51. The summed E-state index contributed by atoms with van der Waals surface area (Å²) < 4.78 is 15.0. The van der Waals surface area contributed by atoms with Crippen molar-refractivity contribution < 1.29 is 18.9 Å². The maximum absolute atomic E-state index is 12.3. The number of nitrogen functional groups attached to an aromatic ring is 1. The number of rotatable bonds is 4. The molecule has 0 spiro atoms. The van der Waals surface area contributed by atoms with Crippen molar-refractivity contribution in [3.8, 4) is 11.5 Å². The molecule has 110 valence electrons. The number of nitrogens with zero attached hydrogens (tertiary/aromatic N) is 3. The summed E-state index contributed by atoms with van der Waals surface area (Å²) in [5.74, 6) is 1.05. The zero-order valence-corrected chi connectivity index (χ0v) is 11.4. The Morgan fingerprint density at radius 1 is 1.33 bits per heavy atom. The highest BCUT2D eigenvalue weighted by Crippen LogP contribution is 2.32. The Morgan fingerprint density at radius 2 is 2.14 bits per heavy atom. The van der Waals surface area contributed by atoms with Gasteiger partial charge in [-0.25, -0.2) is 4.63 Å². The fraction of sp³-hybridized carbons (Fsp3) is 0.308. The summed E-state index contributed by atoms with van der Waals surface area (Å²) in [7, 11) is 0. The molecule has 1 aromatic heterocycles. The predicted molar refractivity (Wildman–Crippen MR) is 71.7 cm³/mol. The summed E-state index contributed by atoms with van der Waals surface area (Å²) in [5.41, 5.74) is 6.50. The van der Waals surface area contributed by atoms with E-state index in [1.807, 2.05) is 25.1 Å². The molecule has 0 saturated carbocycles. The van der Waals surface area contributed by atoms with Crippen molar-refractivity contribution in [2.24, 2.45) is 0 Å². The first-order valence-electron chi connectivity index (χ1n) is 6.45. The summed E-state index contributed by atoms with van der Waals surface area (Å²) in [6.45, 7) is 2.99. The van der Waals surface area contributed by atoms with Gasteiger partial charge in [-0.15, -0.1) is 0 Å². The molecule has 0 atom stereocenters. The highest BCUT2D eigenvalue weighted by Gasteiger charge is 2.22. The Labute approximate surface area is 120 Å². The first-order chi connectivity index (χ1) is 10.2. The molecule has 0 fully saturated rings. The molecule has 21 heavy (non-hydrogen) atoms. The molecule has 0 saturated heterocycles. The van der Waals surface area contributed by atoms with Crippen molar-refractivity contribution in [3.05, 3.63) is 29.5 Å². The van der Waals surface area contributed by atoms with Crippen molar-refractivity contribution in [1.82, 2.24) is 15.2 Å². The standard InChI is InChI=1S/C13H14N4O4/c1-2-17(13(18)11-12(14)16-21-15-11)6-8-3-4-9-10(5-8)20-7-19-9/h3-5H,2,6-7H2,1H3,(H2,14,16). The normalized spacial score (nSPS) is 12.4. The first-order valence-corrected chi connectivity index (χ1v) is 6.45. The van der Waals surface area contributed by atoms with Crippen LogP contribution in [-0.2, 0) is 6.54 Å². The molecule has 8 heteroatoms. The number of benzene rings is 1. The van der Waals surface area contributed by atoms with Gasteiger partial charge in [0.25, 0.3) is 5.91 Å². The zero-order chi connectivity index (χ0) is 14.8. The second kappa shape index (κ2) is 5.31. The monoisotopic (exact) mass is 290 g/mol. The van der Waals surface area contributed by atoms with Gasteiger partial charge >= 0.3 is 0 Å². The average Bonchev–Trinajstić information content (AvgIpc) is 3.12. The number of carbonyl (C=O) groups excluding carboxylic acids is 1. The van der Waals surface area contributed by atoms with Gasteiger partial charge in [-0.1, -0.05) is 6.07 Å². The van der Waals surface area contributed by atoms with Gasteiger partial charge in [0.1, 0.15) is 0 Å². The number of hydrogen-bond donors (Lipinski definition) is 1. The van der Waals surface area contributed by atoms with Crippen LogP contribution in [-0.4, -0.2) is 34.5 Å². The lowest BCUT2D eigenvalue weighted by molar-refractivity contribution is 0.0742. The predicted octanol–water partition coefficient (Wildman–Crippen LogP) is 1.04. The molecular weight excluding hydrogens is 276 g/mol. The van der Waals surface area contributed by atoms with Gasteiger partial charge in [0.15, 0.2) is 11.5 Å². The number of nitrogens with two attached hydrogens (primary N) is 1. The molecular formula is C13H14N4O4. The number of ether oxygens (including phenoxy) is 2. The van der Waals surface area contributed by atoms with Gasteiger partial charge in [0, 0.05) is 13.1 Å². The van der Waals surface area contributed by atoms with E-state index >= 15 is 0 Å². The van der Waals surface area contributed by atoms with Crippen molar-refractivity contribution in [2.75, 3.05) is 19.1 Å². The summed E-state index contributed by atoms with van der Waals surface area (Å²) >= 11 is 0. The number of amides is 1. The van der Waals surface area contributed by atoms with Crippen molar-refractivity contribution in [2.45, 2.75) is 13.5 Å². The van der Waals surface area contributed by atoms with Crippen LogP contribution in [0, 0.1) is 0 Å². The molecule has 0 bridgehead atoms. The highest BCUT2D eigenvalue weighted by molar-refractivity contribution is 5.96. The van der Waals surface area contributed by atoms with Crippen molar-refractivity contribution in [1.29, 1.82) is 0 Å². The molecule has 1 aliphatic heterocycles. The number of anilines is 1. The van der Waals surface area contributed by atoms with E-state index < -0.39 is 0 Å². The minimum absolute atomic E-state index is 0.0101. The lowest BCUT2D eigenvalue weighted by Crippen LogP contribution is -2.31. The molecule has 2 heterocycles. The lowest BCUT2D eigenvalue weighted by Gasteiger charge is -2.19. The molecule has 0 radical (unpaired) electrons. The van der Waals surface area contributed by atoms with Gasteiger partial charge in [-0.05, 0) is 34.9 Å². The fourth-order valence-corrected chi connectivity index (χ4v) is 2.08. The SMILES string of the molecule is CCN(Cc1ccc2c(c1)OCO2)C(=O)c1nonc1N. The van der Waals surface area contributed by atoms with E-state index in [9.17, 15) is 4.79 Å². The van der Waals surface area contributed by atoms with E-state index in [0.29, 0.717) is 24.6 Å². The maximum Gasteiger partial charge on any atom is 0.280 e. The van der Waals surface area contributed by atoms with Crippen LogP contribution in [0.25, 0.3) is 0 Å². The van der Waals surface area contributed by atoms with Crippen LogP contribution in [0.2, 0.25) is 0 Å². The van der Waals surface area contributed by atoms with Crippen LogP contribution in [0.15, 0.2) is 22.8 Å². The van der Waals surface area contributed by atoms with Gasteiger partial charge in [-0.2, -0.15) is 0 Å². The Bertz CT molecular complexity index is 670. The highest BCUT2D eigenvalue weighted by atomic mass is 16.7. The quantitative estimate of drug-likeness (QED) is 0.897. The van der Waals surface area contributed by atoms with Gasteiger partial charge < -0.3 is 20.1 Å². The smallest absolute Gasteiger partial charge is 0.280 e. The van der Waals surface area contributed by atoms with Crippen LogP contribution < -0.4 is 15.2 Å². The largest absolute Gasteiger partial charge is 0.454 e. The molecule has 1 aliphatic rings. The Kier molecular flexibility index (Phi) is 3.35. The minimum Gasteiger partial charge on any atom is -0.454 e. The van der Waals surface area contributed by atoms with E-state index in [0.717, 1.165) is 5.56 Å². The third kappa shape index (κ3) is 2.47. The van der Waals surface area contributed by atoms with Crippen molar-refractivity contribution >= 4 is 11.7 Å². The minimum atomic E-state index is -0.325. The number of carbonyl (C=O) groups is 1. The summed E-state index contributed by atoms with van der Waals surface area (Å²) in [6, 6.07) is 5.55. The van der Waals surface area contributed by atoms with Crippen LogP contribution in [0.1, 0.15) is 23.0 Å². The maximum atomic E-state index is 12.3. The van der Waals surface area contributed by atoms with Crippen LogP contribution in [0.5, 0.6) is 11.5 Å². The number of fused-ring (bicyclic) bond motifs is 1. The van der Waals surface area contributed by atoms with E-state index in [1.165, 1.54) is 0 Å². The third-order valence-corrected chi connectivity index (χ3v) is 3.20. The van der Waals surface area contributed by atoms with Gasteiger partial charge in [-0.3, -0.25) is 4.79 Å². The molecule has 0 unspecified atom stereocenters. The molecule has 1 amide bonds. The Hall–Kier alpha value is -2.77.